The van der Waals surface area contributed by atoms with Gasteiger partial charge in [-0.05, 0) is 33.1 Å². The van der Waals surface area contributed by atoms with Gasteiger partial charge >= 0.3 is 0 Å². The first-order valence-electron chi connectivity index (χ1n) is 6.55. The molecule has 0 bridgehead atoms. The first-order chi connectivity index (χ1) is 8.58. The summed E-state index contributed by atoms with van der Waals surface area (Å²) >= 11 is 0. The van der Waals surface area contributed by atoms with E-state index >= 15 is 0 Å². The minimum absolute atomic E-state index is 0.0216. The summed E-state index contributed by atoms with van der Waals surface area (Å²) in [5.74, 6) is 0.838. The molecule has 0 unspecified atom stereocenters. The Morgan fingerprint density at radius 1 is 1.67 bits per heavy atom. The van der Waals surface area contributed by atoms with Crippen LogP contribution in [0.1, 0.15) is 37.6 Å². The van der Waals surface area contributed by atoms with Gasteiger partial charge in [-0.1, -0.05) is 5.16 Å². The summed E-state index contributed by atoms with van der Waals surface area (Å²) < 4.78 is 4.98. The summed E-state index contributed by atoms with van der Waals surface area (Å²) in [5, 5.41) is 3.87. The van der Waals surface area contributed by atoms with Crippen molar-refractivity contribution < 1.29 is 9.32 Å². The predicted molar refractivity (Wildman–Crippen MR) is 67.9 cm³/mol. The molecule has 0 saturated carbocycles. The quantitative estimate of drug-likeness (QED) is 0.877. The topological polar surface area (TPSA) is 72.4 Å². The van der Waals surface area contributed by atoms with Crippen molar-refractivity contribution in [1.82, 2.24) is 10.1 Å². The van der Waals surface area contributed by atoms with E-state index in [0.29, 0.717) is 12.1 Å². The van der Waals surface area contributed by atoms with E-state index in [-0.39, 0.29) is 18.0 Å². The van der Waals surface area contributed by atoms with E-state index in [9.17, 15) is 4.79 Å². The van der Waals surface area contributed by atoms with Crippen LogP contribution in [0.2, 0.25) is 0 Å². The molecule has 2 N–H and O–H groups in total. The van der Waals surface area contributed by atoms with Crippen LogP contribution in [-0.4, -0.2) is 34.6 Å². The number of aryl methyl sites for hydroxylation is 1. The maximum Gasteiger partial charge on any atom is 0.229 e. The molecule has 18 heavy (non-hydrogen) atoms. The number of aromatic nitrogens is 1. The summed E-state index contributed by atoms with van der Waals surface area (Å²) in [7, 11) is 0. The first-order valence-corrected chi connectivity index (χ1v) is 6.55. The number of nitrogens with two attached hydrogens (primary N) is 1. The standard InChI is InChI=1S/C13H21N3O2/c1-9-7-11(15-18-9)8-13(17)16-6-4-3-5-12(16)10(2)14/h7,10,12H,3-6,8,14H2,1-2H3/t10-,12-/m0/s1. The van der Waals surface area contributed by atoms with Crippen LogP contribution in [0.15, 0.2) is 10.6 Å². The maximum absolute atomic E-state index is 12.3. The molecular formula is C13H21N3O2. The van der Waals surface area contributed by atoms with Gasteiger partial charge in [-0.25, -0.2) is 0 Å². The molecule has 1 aromatic heterocycles. The number of hydrogen-bond donors (Lipinski definition) is 1. The highest BCUT2D eigenvalue weighted by molar-refractivity contribution is 5.78. The lowest BCUT2D eigenvalue weighted by atomic mass is 9.96. The summed E-state index contributed by atoms with van der Waals surface area (Å²) in [6.45, 7) is 4.60. The van der Waals surface area contributed by atoms with Crippen LogP contribution in [-0.2, 0) is 11.2 Å². The van der Waals surface area contributed by atoms with Gasteiger partial charge in [0, 0.05) is 24.7 Å². The fourth-order valence-electron chi connectivity index (χ4n) is 2.57. The number of amides is 1. The third-order valence-corrected chi connectivity index (χ3v) is 3.49. The molecule has 5 heteroatoms. The Morgan fingerprint density at radius 3 is 3.06 bits per heavy atom. The molecule has 0 spiro atoms. The molecule has 1 amide bonds. The number of piperidine rings is 1. The lowest BCUT2D eigenvalue weighted by Gasteiger charge is -2.38. The van der Waals surface area contributed by atoms with Crippen molar-refractivity contribution in [1.29, 1.82) is 0 Å². The van der Waals surface area contributed by atoms with E-state index in [1.165, 1.54) is 0 Å². The average Bonchev–Trinajstić information content (AvgIpc) is 2.74. The van der Waals surface area contributed by atoms with Crippen LogP contribution in [0.25, 0.3) is 0 Å². The fourth-order valence-corrected chi connectivity index (χ4v) is 2.57. The number of rotatable bonds is 3. The number of carbonyl (C=O) groups excluding carboxylic acids is 1. The second kappa shape index (κ2) is 5.52. The van der Waals surface area contributed by atoms with Crippen molar-refractivity contribution >= 4 is 5.91 Å². The minimum atomic E-state index is 0.0216. The van der Waals surface area contributed by atoms with Gasteiger partial charge in [0.25, 0.3) is 0 Å². The van der Waals surface area contributed by atoms with Crippen LogP contribution < -0.4 is 5.73 Å². The van der Waals surface area contributed by atoms with Crippen molar-refractivity contribution in [3.05, 3.63) is 17.5 Å². The molecule has 0 radical (unpaired) electrons. The van der Waals surface area contributed by atoms with Crippen LogP contribution in [0, 0.1) is 6.92 Å². The van der Waals surface area contributed by atoms with Crippen LogP contribution in [0.3, 0.4) is 0 Å². The Bertz CT molecular complexity index is 414. The highest BCUT2D eigenvalue weighted by atomic mass is 16.5. The van der Waals surface area contributed by atoms with Crippen molar-refractivity contribution in [3.63, 3.8) is 0 Å². The van der Waals surface area contributed by atoms with E-state index < -0.39 is 0 Å². The molecule has 1 saturated heterocycles. The normalized spacial score (nSPS) is 21.9. The van der Waals surface area contributed by atoms with E-state index in [1.807, 2.05) is 24.8 Å². The Labute approximate surface area is 107 Å². The lowest BCUT2D eigenvalue weighted by molar-refractivity contribution is -0.134. The maximum atomic E-state index is 12.3. The molecule has 1 aliphatic heterocycles. The summed E-state index contributed by atoms with van der Waals surface area (Å²) in [4.78, 5) is 14.2. The van der Waals surface area contributed by atoms with E-state index in [2.05, 4.69) is 5.16 Å². The van der Waals surface area contributed by atoms with Gasteiger partial charge in [-0.3, -0.25) is 4.79 Å². The predicted octanol–water partition coefficient (Wildman–Crippen LogP) is 1.25. The molecule has 1 fully saturated rings. The zero-order valence-electron chi connectivity index (χ0n) is 11.1. The van der Waals surface area contributed by atoms with Crippen molar-refractivity contribution in [3.8, 4) is 0 Å². The van der Waals surface area contributed by atoms with Gasteiger partial charge < -0.3 is 15.2 Å². The Morgan fingerprint density at radius 2 is 2.44 bits per heavy atom. The first kappa shape index (κ1) is 13.1. The highest BCUT2D eigenvalue weighted by Gasteiger charge is 2.29. The van der Waals surface area contributed by atoms with E-state index in [1.54, 1.807) is 0 Å². The molecule has 2 heterocycles. The van der Waals surface area contributed by atoms with Gasteiger partial charge in [0.2, 0.25) is 5.91 Å². The lowest BCUT2D eigenvalue weighted by Crippen LogP contribution is -2.52. The number of likely N-dealkylation sites (tertiary alicyclic amines) is 1. The van der Waals surface area contributed by atoms with Crippen LogP contribution in [0.5, 0.6) is 0 Å². The summed E-state index contributed by atoms with van der Waals surface area (Å²) in [6.07, 6.45) is 3.52. The van der Waals surface area contributed by atoms with Crippen LogP contribution in [0.4, 0.5) is 0 Å². The summed E-state index contributed by atoms with van der Waals surface area (Å²) in [6, 6.07) is 2.00. The SMILES string of the molecule is Cc1cc(CC(=O)N2CCCC[C@H]2[C@H](C)N)no1. The van der Waals surface area contributed by atoms with Gasteiger partial charge in [0.05, 0.1) is 12.1 Å². The minimum Gasteiger partial charge on any atom is -0.361 e. The molecule has 2 rings (SSSR count). The third kappa shape index (κ3) is 2.90. The zero-order valence-corrected chi connectivity index (χ0v) is 11.1. The average molecular weight is 251 g/mol. The molecule has 0 aliphatic carbocycles. The zero-order chi connectivity index (χ0) is 13.1. The molecule has 1 aromatic rings. The Balaban J connectivity index is 2.02. The molecular weight excluding hydrogens is 230 g/mol. The monoisotopic (exact) mass is 251 g/mol. The molecule has 100 valence electrons. The number of hydrogen-bond acceptors (Lipinski definition) is 4. The van der Waals surface area contributed by atoms with E-state index in [4.69, 9.17) is 10.3 Å². The van der Waals surface area contributed by atoms with Crippen molar-refractivity contribution in [2.75, 3.05) is 6.54 Å². The molecule has 0 aromatic carbocycles. The van der Waals surface area contributed by atoms with Gasteiger partial charge in [-0.2, -0.15) is 0 Å². The molecule has 5 nitrogen and oxygen atoms in total. The van der Waals surface area contributed by atoms with Gasteiger partial charge in [0.15, 0.2) is 0 Å². The smallest absolute Gasteiger partial charge is 0.229 e. The highest BCUT2D eigenvalue weighted by Crippen LogP contribution is 2.20. The third-order valence-electron chi connectivity index (χ3n) is 3.49. The molecule has 1 aliphatic rings. The number of carbonyl (C=O) groups is 1. The second-order valence-electron chi connectivity index (χ2n) is 5.12. The van der Waals surface area contributed by atoms with Gasteiger partial charge in [0.1, 0.15) is 5.76 Å². The Kier molecular flexibility index (Phi) is 4.01. The fraction of sp³-hybridized carbons (Fsp3) is 0.692. The Hall–Kier alpha value is -1.36. The second-order valence-corrected chi connectivity index (χ2v) is 5.12. The van der Waals surface area contributed by atoms with E-state index in [0.717, 1.165) is 31.6 Å². The number of nitrogens with zero attached hydrogens (tertiary/aromatic N) is 2. The van der Waals surface area contributed by atoms with Crippen molar-refractivity contribution in [2.24, 2.45) is 5.73 Å². The van der Waals surface area contributed by atoms with Gasteiger partial charge in [-0.15, -0.1) is 0 Å². The van der Waals surface area contributed by atoms with Crippen molar-refractivity contribution in [2.45, 2.75) is 51.6 Å². The largest absolute Gasteiger partial charge is 0.361 e. The van der Waals surface area contributed by atoms with Crippen LogP contribution >= 0.6 is 0 Å². The molecule has 2 atom stereocenters. The summed E-state index contributed by atoms with van der Waals surface area (Å²) in [5.41, 5.74) is 6.67.